The Balaban J connectivity index is 1.51. The third kappa shape index (κ3) is 4.59. The van der Waals surface area contributed by atoms with Crippen molar-refractivity contribution in [3.8, 4) is 5.75 Å². The van der Waals surface area contributed by atoms with Crippen molar-refractivity contribution in [1.82, 2.24) is 0 Å². The van der Waals surface area contributed by atoms with E-state index in [-0.39, 0.29) is 11.6 Å². The van der Waals surface area contributed by atoms with E-state index in [0.717, 1.165) is 37.7 Å². The van der Waals surface area contributed by atoms with Crippen LogP contribution in [0.2, 0.25) is 0 Å². The van der Waals surface area contributed by atoms with Crippen molar-refractivity contribution in [2.75, 3.05) is 7.11 Å². The van der Waals surface area contributed by atoms with Gasteiger partial charge in [0.05, 0.1) is 7.11 Å². The number of alkyl halides is 2. The minimum atomic E-state index is -1.48. The molecule has 0 saturated heterocycles. The lowest BCUT2D eigenvalue weighted by Crippen LogP contribution is -2.25. The zero-order valence-corrected chi connectivity index (χ0v) is 16.2. The van der Waals surface area contributed by atoms with Crippen molar-refractivity contribution in [2.45, 2.75) is 70.1 Å². The first-order valence-electron chi connectivity index (χ1n) is 10.0. The average molecular weight is 378 g/mol. The number of hydrogen-bond acceptors (Lipinski definition) is 1. The Labute approximate surface area is 160 Å². The zero-order chi connectivity index (χ0) is 19.4. The molecule has 2 aliphatic carbocycles. The minimum Gasteiger partial charge on any atom is -0.494 e. The molecule has 1 aromatic rings. The molecule has 0 radical (unpaired) electrons. The van der Waals surface area contributed by atoms with Crippen LogP contribution in [-0.4, -0.2) is 19.5 Å². The first-order chi connectivity index (χ1) is 13.0. The Bertz CT molecular complexity index is 702. The fourth-order valence-electron chi connectivity index (χ4n) is 4.40. The van der Waals surface area contributed by atoms with E-state index >= 15 is 0 Å². The number of ether oxygens (including phenoxy) is 1. The maximum absolute atomic E-state index is 14.3. The van der Waals surface area contributed by atoms with Gasteiger partial charge in [-0.2, -0.15) is 0 Å². The first-order valence-corrected chi connectivity index (χ1v) is 10.0. The second kappa shape index (κ2) is 8.99. The lowest BCUT2D eigenvalue weighted by Gasteiger charge is -2.30. The summed E-state index contributed by atoms with van der Waals surface area (Å²) in [6.07, 6.45) is 6.80. The average Bonchev–Trinajstić information content (AvgIpc) is 2.69. The lowest BCUT2D eigenvalue weighted by molar-refractivity contribution is 0.212. The van der Waals surface area contributed by atoms with Crippen molar-refractivity contribution >= 4 is 0 Å². The molecule has 1 aromatic carbocycles. The van der Waals surface area contributed by atoms with E-state index in [1.807, 2.05) is 13.0 Å². The quantitative estimate of drug-likeness (QED) is 0.526. The predicted molar refractivity (Wildman–Crippen MR) is 103 cm³/mol. The van der Waals surface area contributed by atoms with Crippen LogP contribution in [-0.2, 0) is 0 Å². The van der Waals surface area contributed by atoms with Crippen molar-refractivity contribution in [3.63, 3.8) is 0 Å². The van der Waals surface area contributed by atoms with Crippen LogP contribution < -0.4 is 4.74 Å². The Morgan fingerprint density at radius 1 is 1.00 bits per heavy atom. The van der Waals surface area contributed by atoms with E-state index in [0.29, 0.717) is 35.8 Å². The van der Waals surface area contributed by atoms with Gasteiger partial charge in [0.2, 0.25) is 0 Å². The monoisotopic (exact) mass is 378 g/mol. The third-order valence-corrected chi connectivity index (χ3v) is 6.22. The molecule has 148 valence electrons. The summed E-state index contributed by atoms with van der Waals surface area (Å²) in [6, 6.07) is 5.23. The molecule has 0 bridgehead atoms. The molecule has 0 spiro atoms. The van der Waals surface area contributed by atoms with Crippen LogP contribution in [0.15, 0.2) is 41.5 Å². The van der Waals surface area contributed by atoms with Gasteiger partial charge in [0.25, 0.3) is 0 Å². The fourth-order valence-corrected chi connectivity index (χ4v) is 4.40. The van der Waals surface area contributed by atoms with Gasteiger partial charge in [-0.25, -0.2) is 13.2 Å². The molecule has 2 aliphatic rings. The Morgan fingerprint density at radius 3 is 2.30 bits per heavy atom. The van der Waals surface area contributed by atoms with Crippen LogP contribution >= 0.6 is 0 Å². The summed E-state index contributed by atoms with van der Waals surface area (Å²) in [6.45, 7) is 1.86. The number of allylic oxidation sites excluding steroid dienone is 4. The fraction of sp³-hybridized carbons (Fsp3) is 0.565. The molecular weight excluding hydrogens is 349 g/mol. The smallest absolute Gasteiger partial charge is 0.165 e. The van der Waals surface area contributed by atoms with Gasteiger partial charge >= 0.3 is 0 Å². The van der Waals surface area contributed by atoms with Gasteiger partial charge < -0.3 is 4.74 Å². The molecule has 0 amide bonds. The maximum atomic E-state index is 14.3. The highest BCUT2D eigenvalue weighted by Gasteiger charge is 2.30. The second-order valence-electron chi connectivity index (χ2n) is 7.79. The van der Waals surface area contributed by atoms with Crippen molar-refractivity contribution < 1.29 is 17.9 Å². The molecule has 0 aromatic heterocycles. The van der Waals surface area contributed by atoms with E-state index in [1.54, 1.807) is 24.3 Å². The molecule has 1 fully saturated rings. The van der Waals surface area contributed by atoms with Crippen LogP contribution in [0.5, 0.6) is 5.75 Å². The number of rotatable bonds is 6. The molecule has 27 heavy (non-hydrogen) atoms. The Morgan fingerprint density at radius 2 is 1.67 bits per heavy atom. The zero-order valence-electron chi connectivity index (χ0n) is 16.2. The lowest BCUT2D eigenvalue weighted by atomic mass is 9.76. The van der Waals surface area contributed by atoms with E-state index in [9.17, 15) is 13.2 Å². The van der Waals surface area contributed by atoms with E-state index in [1.165, 1.54) is 7.11 Å². The predicted octanol–water partition coefficient (Wildman–Crippen LogP) is 6.84. The van der Waals surface area contributed by atoms with Gasteiger partial charge in [-0.1, -0.05) is 25.1 Å². The highest BCUT2D eigenvalue weighted by atomic mass is 19.2. The SMILES string of the molecule is CCC1=CC=C(CCC2CCC(c3ccc(OC)c(F)c3)CC2)C(F)C1F. The molecule has 0 N–H and O–H groups in total. The van der Waals surface area contributed by atoms with Crippen LogP contribution in [0.1, 0.15) is 63.4 Å². The summed E-state index contributed by atoms with van der Waals surface area (Å²) >= 11 is 0. The van der Waals surface area contributed by atoms with E-state index < -0.39 is 12.3 Å². The van der Waals surface area contributed by atoms with Crippen LogP contribution in [0.3, 0.4) is 0 Å². The maximum Gasteiger partial charge on any atom is 0.165 e. The second-order valence-corrected chi connectivity index (χ2v) is 7.79. The van der Waals surface area contributed by atoms with Gasteiger partial charge in [-0.15, -0.1) is 0 Å². The van der Waals surface area contributed by atoms with Gasteiger partial charge in [-0.05, 0) is 85.6 Å². The Hall–Kier alpha value is -1.71. The van der Waals surface area contributed by atoms with Crippen LogP contribution in [0, 0.1) is 11.7 Å². The van der Waals surface area contributed by atoms with Gasteiger partial charge in [0, 0.05) is 0 Å². The summed E-state index contributed by atoms with van der Waals surface area (Å²) in [5, 5.41) is 0. The normalized spacial score (nSPS) is 28.5. The number of halogens is 3. The summed E-state index contributed by atoms with van der Waals surface area (Å²) in [4.78, 5) is 0. The molecule has 3 rings (SSSR count). The van der Waals surface area contributed by atoms with Crippen molar-refractivity contribution in [2.24, 2.45) is 5.92 Å². The van der Waals surface area contributed by atoms with Crippen molar-refractivity contribution in [1.29, 1.82) is 0 Å². The Kier molecular flexibility index (Phi) is 6.67. The number of hydrogen-bond donors (Lipinski definition) is 0. The number of methoxy groups -OCH3 is 1. The molecule has 0 heterocycles. The number of benzene rings is 1. The molecule has 2 atom stereocenters. The summed E-state index contributed by atoms with van der Waals surface area (Å²) < 4.78 is 47.3. The minimum absolute atomic E-state index is 0.278. The summed E-state index contributed by atoms with van der Waals surface area (Å²) in [5.41, 5.74) is 2.18. The molecule has 1 nitrogen and oxygen atoms in total. The van der Waals surface area contributed by atoms with Gasteiger partial charge in [0.15, 0.2) is 23.9 Å². The molecule has 2 unspecified atom stereocenters. The van der Waals surface area contributed by atoms with Crippen LogP contribution in [0.4, 0.5) is 13.2 Å². The summed E-state index contributed by atoms with van der Waals surface area (Å²) in [7, 11) is 1.47. The first kappa shape index (κ1) is 20.0. The van der Waals surface area contributed by atoms with Crippen molar-refractivity contribution in [3.05, 3.63) is 52.9 Å². The molecule has 1 saturated carbocycles. The van der Waals surface area contributed by atoms with E-state index in [4.69, 9.17) is 4.74 Å². The standard InChI is InChI=1S/C23H29F3O/c1-3-16-10-11-18(23(26)22(16)25)9-6-15-4-7-17(8-5-15)19-12-13-21(27-2)20(24)14-19/h10-15,17,22-23H,3-9H2,1-2H3. The van der Waals surface area contributed by atoms with Gasteiger partial charge in [-0.3, -0.25) is 0 Å². The largest absolute Gasteiger partial charge is 0.494 e. The highest BCUT2D eigenvalue weighted by Crippen LogP contribution is 2.39. The molecule has 4 heteroatoms. The summed E-state index contributed by atoms with van der Waals surface area (Å²) in [5.74, 6) is 0.873. The molecule has 0 aliphatic heterocycles. The van der Waals surface area contributed by atoms with E-state index in [2.05, 4.69) is 0 Å². The topological polar surface area (TPSA) is 9.23 Å². The molecular formula is C23H29F3O. The highest BCUT2D eigenvalue weighted by molar-refractivity contribution is 5.32. The van der Waals surface area contributed by atoms with Crippen LogP contribution in [0.25, 0.3) is 0 Å². The third-order valence-electron chi connectivity index (χ3n) is 6.22. The van der Waals surface area contributed by atoms with Gasteiger partial charge in [0.1, 0.15) is 0 Å².